The molecule has 0 bridgehead atoms. The molecule has 0 radical (unpaired) electrons. The average molecular weight is 405 g/mol. The van der Waals surface area contributed by atoms with E-state index in [-0.39, 0.29) is 28.4 Å². The van der Waals surface area contributed by atoms with E-state index in [1.54, 1.807) is 0 Å². The fourth-order valence-electron chi connectivity index (χ4n) is 2.12. The summed E-state index contributed by atoms with van der Waals surface area (Å²) < 4.78 is 52.9. The predicted molar refractivity (Wildman–Crippen MR) is 93.5 cm³/mol. The number of nitrogens with one attached hydrogen (secondary N) is 2. The lowest BCUT2D eigenvalue weighted by molar-refractivity contribution is -0.125. The first-order valence-corrected chi connectivity index (χ1v) is 9.50. The predicted octanol–water partition coefficient (Wildman–Crippen LogP) is 3.01. The molecule has 0 fully saturated rings. The topological polar surface area (TPSA) is 84.5 Å². The number of halogens is 3. The van der Waals surface area contributed by atoms with E-state index >= 15 is 0 Å². The second-order valence-electron chi connectivity index (χ2n) is 5.46. The molecule has 0 aliphatic heterocycles. The maximum Gasteiger partial charge on any atom is 0.249 e. The van der Waals surface area contributed by atoms with Crippen molar-refractivity contribution in [2.45, 2.75) is 13.3 Å². The summed E-state index contributed by atoms with van der Waals surface area (Å²) >= 11 is 5.78. The van der Waals surface area contributed by atoms with E-state index in [4.69, 9.17) is 16.4 Å². The molecule has 10 heteroatoms. The van der Waals surface area contributed by atoms with Gasteiger partial charge in [-0.3, -0.25) is 9.52 Å². The van der Waals surface area contributed by atoms with Gasteiger partial charge in [0, 0.05) is 18.9 Å². The van der Waals surface area contributed by atoms with E-state index < -0.39 is 27.6 Å². The Morgan fingerprint density at radius 1 is 1.23 bits per heavy atom. The third-order valence-corrected chi connectivity index (χ3v) is 4.05. The Kier molecular flexibility index (Phi) is 6.04. The van der Waals surface area contributed by atoms with Crippen molar-refractivity contribution in [1.29, 1.82) is 0 Å². The van der Waals surface area contributed by atoms with Crippen LogP contribution in [0.1, 0.15) is 18.1 Å². The van der Waals surface area contributed by atoms with E-state index in [0.717, 1.165) is 12.3 Å². The van der Waals surface area contributed by atoms with E-state index in [1.807, 2.05) is 4.72 Å². The molecule has 0 saturated heterocycles. The average Bonchev–Trinajstić information content (AvgIpc) is 2.52. The molecule has 26 heavy (non-hydrogen) atoms. The summed E-state index contributed by atoms with van der Waals surface area (Å²) in [4.78, 5) is 16.0. The number of hydroxylamine groups is 1. The SMILES string of the molecule is CC(=O)NOc1ccc(Cl)c(F)c1Cc1ccc(NS(C)(=O)=O)c(F)c1. The summed E-state index contributed by atoms with van der Waals surface area (Å²) in [7, 11) is -3.63. The van der Waals surface area contributed by atoms with Gasteiger partial charge < -0.3 is 4.84 Å². The van der Waals surface area contributed by atoms with E-state index in [0.29, 0.717) is 5.56 Å². The summed E-state index contributed by atoms with van der Waals surface area (Å²) in [6.07, 6.45) is 0.796. The van der Waals surface area contributed by atoms with Gasteiger partial charge in [-0.15, -0.1) is 0 Å². The maximum atomic E-state index is 14.4. The van der Waals surface area contributed by atoms with Crippen LogP contribution in [0.3, 0.4) is 0 Å². The van der Waals surface area contributed by atoms with Gasteiger partial charge in [0.25, 0.3) is 0 Å². The third-order valence-electron chi connectivity index (χ3n) is 3.17. The Balaban J connectivity index is 2.34. The number of hydrogen-bond donors (Lipinski definition) is 2. The second-order valence-corrected chi connectivity index (χ2v) is 7.62. The zero-order chi connectivity index (χ0) is 19.5. The zero-order valence-electron chi connectivity index (χ0n) is 13.8. The molecule has 2 aromatic carbocycles. The summed E-state index contributed by atoms with van der Waals surface area (Å²) in [5.74, 6) is -2.07. The van der Waals surface area contributed by atoms with Crippen LogP contribution < -0.4 is 15.0 Å². The lowest BCUT2D eigenvalue weighted by atomic mass is 10.0. The number of benzene rings is 2. The fraction of sp³-hybridized carbons (Fsp3) is 0.188. The standard InChI is InChI=1S/C16H15ClF2N2O4S/c1-9(22)20-25-15-6-4-12(17)16(19)11(15)7-10-3-5-14(13(18)8-10)21-26(2,23)24/h3-6,8,21H,7H2,1-2H3,(H,20,22). The summed E-state index contributed by atoms with van der Waals surface area (Å²) in [6, 6.07) is 6.35. The number of anilines is 1. The zero-order valence-corrected chi connectivity index (χ0v) is 15.3. The lowest BCUT2D eigenvalue weighted by Crippen LogP contribution is -2.24. The summed E-state index contributed by atoms with van der Waals surface area (Å²) in [6.45, 7) is 1.22. The number of carbonyl (C=O) groups excluding carboxylic acids is 1. The molecule has 0 saturated carbocycles. The molecule has 1 amide bonds. The number of hydrogen-bond acceptors (Lipinski definition) is 4. The summed E-state index contributed by atoms with van der Waals surface area (Å²) in [5.41, 5.74) is 2.21. The van der Waals surface area contributed by atoms with Gasteiger partial charge in [0.1, 0.15) is 11.6 Å². The molecule has 0 atom stereocenters. The molecule has 6 nitrogen and oxygen atoms in total. The van der Waals surface area contributed by atoms with Crippen LogP contribution in [0.5, 0.6) is 5.75 Å². The highest BCUT2D eigenvalue weighted by molar-refractivity contribution is 7.92. The minimum atomic E-state index is -3.63. The molecule has 2 rings (SSSR count). The smallest absolute Gasteiger partial charge is 0.249 e. The molecule has 140 valence electrons. The molecule has 0 unspecified atom stereocenters. The van der Waals surface area contributed by atoms with Gasteiger partial charge in [0.15, 0.2) is 5.75 Å². The highest BCUT2D eigenvalue weighted by Gasteiger charge is 2.16. The van der Waals surface area contributed by atoms with Crippen LogP contribution in [0.25, 0.3) is 0 Å². The van der Waals surface area contributed by atoms with Gasteiger partial charge in [-0.25, -0.2) is 17.2 Å². The van der Waals surface area contributed by atoms with Crippen LogP contribution in [0.2, 0.25) is 5.02 Å². The van der Waals surface area contributed by atoms with Crippen molar-refractivity contribution in [2.75, 3.05) is 11.0 Å². The normalized spacial score (nSPS) is 11.1. The molecule has 2 aromatic rings. The van der Waals surface area contributed by atoms with Crippen LogP contribution >= 0.6 is 11.6 Å². The second kappa shape index (κ2) is 7.88. The van der Waals surface area contributed by atoms with Crippen molar-refractivity contribution in [1.82, 2.24) is 5.48 Å². The monoisotopic (exact) mass is 404 g/mol. The number of carbonyl (C=O) groups is 1. The first kappa shape index (κ1) is 19.9. The van der Waals surface area contributed by atoms with Gasteiger partial charge >= 0.3 is 0 Å². The molecule has 0 aromatic heterocycles. The molecular weight excluding hydrogens is 390 g/mol. The fourth-order valence-corrected chi connectivity index (χ4v) is 2.86. The Morgan fingerprint density at radius 2 is 1.92 bits per heavy atom. The van der Waals surface area contributed by atoms with Crippen molar-refractivity contribution in [2.24, 2.45) is 0 Å². The Bertz CT molecular complexity index is 952. The highest BCUT2D eigenvalue weighted by atomic mass is 35.5. The van der Waals surface area contributed by atoms with Crippen LogP contribution in [-0.4, -0.2) is 20.6 Å². The molecule has 0 spiro atoms. The van der Waals surface area contributed by atoms with E-state index in [9.17, 15) is 22.0 Å². The Hall–Kier alpha value is -2.39. The lowest BCUT2D eigenvalue weighted by Gasteiger charge is -2.13. The van der Waals surface area contributed by atoms with Crippen molar-refractivity contribution >= 4 is 33.2 Å². The molecule has 2 N–H and O–H groups in total. The van der Waals surface area contributed by atoms with Crippen LogP contribution in [0, 0.1) is 11.6 Å². The minimum Gasteiger partial charge on any atom is -0.379 e. The van der Waals surface area contributed by atoms with Crippen LogP contribution in [0.15, 0.2) is 30.3 Å². The van der Waals surface area contributed by atoms with Gasteiger partial charge in [-0.05, 0) is 29.8 Å². The highest BCUT2D eigenvalue weighted by Crippen LogP contribution is 2.30. The van der Waals surface area contributed by atoms with E-state index in [2.05, 4.69) is 5.48 Å². The largest absolute Gasteiger partial charge is 0.379 e. The molecule has 0 aliphatic rings. The maximum absolute atomic E-state index is 14.4. The molecular formula is C16H15ClF2N2O4S. The van der Waals surface area contributed by atoms with Gasteiger partial charge in [0.2, 0.25) is 15.9 Å². The van der Waals surface area contributed by atoms with E-state index in [1.165, 1.54) is 31.2 Å². The molecule has 0 aliphatic carbocycles. The number of sulfonamides is 1. The van der Waals surface area contributed by atoms with Crippen molar-refractivity contribution < 1.29 is 26.8 Å². The van der Waals surface area contributed by atoms with Crippen LogP contribution in [0.4, 0.5) is 14.5 Å². The number of rotatable bonds is 6. The Labute approximate surface area is 154 Å². The van der Waals surface area contributed by atoms with Gasteiger partial charge in [0.05, 0.1) is 17.0 Å². The van der Waals surface area contributed by atoms with Crippen molar-refractivity contribution in [3.63, 3.8) is 0 Å². The molecule has 0 heterocycles. The first-order chi connectivity index (χ1) is 12.1. The quantitative estimate of drug-likeness (QED) is 0.725. The van der Waals surface area contributed by atoms with Crippen molar-refractivity contribution in [3.8, 4) is 5.75 Å². The van der Waals surface area contributed by atoms with Gasteiger partial charge in [-0.2, -0.15) is 5.48 Å². The summed E-state index contributed by atoms with van der Waals surface area (Å²) in [5, 5.41) is -0.161. The van der Waals surface area contributed by atoms with Gasteiger partial charge in [-0.1, -0.05) is 17.7 Å². The van der Waals surface area contributed by atoms with Crippen LogP contribution in [-0.2, 0) is 21.2 Å². The third kappa shape index (κ3) is 5.30. The minimum absolute atomic E-state index is 0.00877. The number of amides is 1. The first-order valence-electron chi connectivity index (χ1n) is 7.23. The Morgan fingerprint density at radius 3 is 2.50 bits per heavy atom. The van der Waals surface area contributed by atoms with Crippen molar-refractivity contribution in [3.05, 3.63) is 58.1 Å².